The van der Waals surface area contributed by atoms with Crippen LogP contribution in [0, 0.1) is 0 Å². The van der Waals surface area contributed by atoms with Crippen LogP contribution >= 0.6 is 15.9 Å². The summed E-state index contributed by atoms with van der Waals surface area (Å²) in [7, 11) is -3.84. The number of benzene rings is 1. The van der Waals surface area contributed by atoms with Crippen LogP contribution in [0.2, 0.25) is 0 Å². The number of hydrogen-bond donors (Lipinski definition) is 4. The second kappa shape index (κ2) is 8.44. The molecule has 0 saturated carbocycles. The van der Waals surface area contributed by atoms with Gasteiger partial charge in [-0.25, -0.2) is 13.9 Å². The Morgan fingerprint density at radius 1 is 1.29 bits per heavy atom. The lowest BCUT2D eigenvalue weighted by Gasteiger charge is -2.16. The minimum atomic E-state index is -3.84. The minimum Gasteiger partial charge on any atom is -0.330 e. The molecule has 0 heterocycles. The van der Waals surface area contributed by atoms with E-state index in [1.165, 1.54) is 17.6 Å². The highest BCUT2D eigenvalue weighted by atomic mass is 79.9. The molecular weight excluding hydrogens is 362 g/mol. The van der Waals surface area contributed by atoms with Crippen molar-refractivity contribution in [3.63, 3.8) is 0 Å². The van der Waals surface area contributed by atoms with Crippen molar-refractivity contribution in [2.45, 2.75) is 30.2 Å². The highest BCUT2D eigenvalue weighted by Crippen LogP contribution is 2.15. The Morgan fingerprint density at radius 2 is 1.90 bits per heavy atom. The molecule has 0 radical (unpaired) electrons. The van der Waals surface area contributed by atoms with Crippen molar-refractivity contribution in [3.8, 4) is 0 Å². The molecule has 1 atom stereocenters. The maximum absolute atomic E-state index is 12.2. The van der Waals surface area contributed by atoms with E-state index in [0.717, 1.165) is 4.47 Å². The number of nitrogens with two attached hydrogens (primary N) is 1. The third kappa shape index (κ3) is 5.71. The van der Waals surface area contributed by atoms with Gasteiger partial charge >= 0.3 is 0 Å². The Kier molecular flexibility index (Phi) is 7.26. The molecule has 1 rings (SSSR count). The number of halogens is 1. The van der Waals surface area contributed by atoms with E-state index in [1.807, 2.05) is 0 Å². The van der Waals surface area contributed by atoms with Crippen LogP contribution in [0.15, 0.2) is 33.6 Å². The van der Waals surface area contributed by atoms with Crippen molar-refractivity contribution in [1.82, 2.24) is 10.2 Å². The van der Waals surface area contributed by atoms with Crippen molar-refractivity contribution < 1.29 is 18.4 Å². The number of carbonyl (C=O) groups excluding carboxylic acids is 1. The van der Waals surface area contributed by atoms with E-state index in [9.17, 15) is 13.2 Å². The van der Waals surface area contributed by atoms with Gasteiger partial charge in [-0.3, -0.25) is 10.0 Å². The van der Waals surface area contributed by atoms with Crippen molar-refractivity contribution in [3.05, 3.63) is 28.7 Å². The van der Waals surface area contributed by atoms with Gasteiger partial charge in [0, 0.05) is 4.47 Å². The van der Waals surface area contributed by atoms with E-state index in [2.05, 4.69) is 20.7 Å². The number of sulfonamides is 1. The summed E-state index contributed by atoms with van der Waals surface area (Å²) in [5.41, 5.74) is 6.83. The van der Waals surface area contributed by atoms with Crippen LogP contribution in [0.4, 0.5) is 0 Å². The van der Waals surface area contributed by atoms with Gasteiger partial charge in [-0.2, -0.15) is 4.72 Å². The number of rotatable bonds is 8. The summed E-state index contributed by atoms with van der Waals surface area (Å²) < 4.78 is 27.4. The van der Waals surface area contributed by atoms with Gasteiger partial charge in [0.2, 0.25) is 10.0 Å². The first-order valence-electron chi connectivity index (χ1n) is 6.32. The first-order valence-corrected chi connectivity index (χ1v) is 8.60. The first-order chi connectivity index (χ1) is 9.90. The monoisotopic (exact) mass is 379 g/mol. The minimum absolute atomic E-state index is 0.0419. The molecule has 1 aromatic rings. The molecule has 5 N–H and O–H groups in total. The highest BCUT2D eigenvalue weighted by Gasteiger charge is 2.25. The first kappa shape index (κ1) is 18.1. The Hall–Kier alpha value is -1.00. The van der Waals surface area contributed by atoms with Crippen LogP contribution in [0.3, 0.4) is 0 Å². The molecular formula is C12H18BrN3O4S. The topological polar surface area (TPSA) is 122 Å². The van der Waals surface area contributed by atoms with E-state index < -0.39 is 22.0 Å². The summed E-state index contributed by atoms with van der Waals surface area (Å²) in [6.07, 6.45) is 1.48. The fraction of sp³-hybridized carbons (Fsp3) is 0.417. The maximum Gasteiger partial charge on any atom is 0.261 e. The molecule has 0 aliphatic rings. The average Bonchev–Trinajstić information content (AvgIpc) is 2.46. The Balaban J connectivity index is 2.85. The van der Waals surface area contributed by atoms with Gasteiger partial charge in [-0.1, -0.05) is 22.4 Å². The summed E-state index contributed by atoms with van der Waals surface area (Å²) in [5.74, 6) is -0.798. The predicted molar refractivity (Wildman–Crippen MR) is 81.1 cm³/mol. The zero-order chi connectivity index (χ0) is 15.9. The number of unbranched alkanes of at least 4 members (excludes halogenated alkanes) is 1. The van der Waals surface area contributed by atoms with Crippen LogP contribution in [-0.4, -0.2) is 32.1 Å². The SMILES string of the molecule is NCCCC[C@@H](NS(=O)(=O)c1ccc(Br)cc1)C(=O)NO. The third-order valence-corrected chi connectivity index (χ3v) is 4.81. The van der Waals surface area contributed by atoms with Gasteiger partial charge in [0.15, 0.2) is 0 Å². The molecule has 0 fully saturated rings. The van der Waals surface area contributed by atoms with Crippen molar-refractivity contribution in [2.75, 3.05) is 6.54 Å². The van der Waals surface area contributed by atoms with E-state index in [-0.39, 0.29) is 11.3 Å². The summed E-state index contributed by atoms with van der Waals surface area (Å²) in [6.45, 7) is 0.451. The maximum atomic E-state index is 12.2. The number of hydrogen-bond acceptors (Lipinski definition) is 5. The highest BCUT2D eigenvalue weighted by molar-refractivity contribution is 9.10. The van der Waals surface area contributed by atoms with E-state index in [0.29, 0.717) is 19.4 Å². The predicted octanol–water partition coefficient (Wildman–Crippen LogP) is 0.730. The molecule has 1 aromatic carbocycles. The second-order valence-electron chi connectivity index (χ2n) is 4.39. The lowest BCUT2D eigenvalue weighted by atomic mass is 10.1. The normalized spacial score (nSPS) is 12.9. The molecule has 118 valence electrons. The van der Waals surface area contributed by atoms with Gasteiger partial charge < -0.3 is 5.73 Å². The van der Waals surface area contributed by atoms with E-state index >= 15 is 0 Å². The lowest BCUT2D eigenvalue weighted by molar-refractivity contribution is -0.131. The smallest absolute Gasteiger partial charge is 0.261 e. The van der Waals surface area contributed by atoms with Crippen molar-refractivity contribution in [2.24, 2.45) is 5.73 Å². The van der Waals surface area contributed by atoms with Crippen molar-refractivity contribution >= 4 is 31.9 Å². The molecule has 21 heavy (non-hydrogen) atoms. The fourth-order valence-electron chi connectivity index (χ4n) is 1.68. The van der Waals surface area contributed by atoms with Crippen LogP contribution in [0.1, 0.15) is 19.3 Å². The fourth-order valence-corrected chi connectivity index (χ4v) is 3.18. The van der Waals surface area contributed by atoms with Crippen molar-refractivity contribution in [1.29, 1.82) is 0 Å². The molecule has 0 unspecified atom stereocenters. The standard InChI is InChI=1S/C12H18BrN3O4S/c13-9-4-6-10(7-5-9)21(19,20)16-11(12(17)15-18)3-1-2-8-14/h4-7,11,16,18H,1-3,8,14H2,(H,15,17)/t11-/m1/s1. The number of hydroxylamine groups is 1. The Labute approximate surface area is 132 Å². The molecule has 0 bridgehead atoms. The molecule has 9 heteroatoms. The van der Waals surface area contributed by atoms with Crippen LogP contribution < -0.4 is 15.9 Å². The van der Waals surface area contributed by atoms with Gasteiger partial charge in [-0.05, 0) is 43.7 Å². The quantitative estimate of drug-likeness (QED) is 0.301. The zero-order valence-electron chi connectivity index (χ0n) is 11.3. The third-order valence-electron chi connectivity index (χ3n) is 2.79. The van der Waals surface area contributed by atoms with Gasteiger partial charge in [0.25, 0.3) is 5.91 Å². The number of nitrogens with one attached hydrogen (secondary N) is 2. The van der Waals surface area contributed by atoms with Gasteiger partial charge in [0.1, 0.15) is 6.04 Å². The molecule has 7 nitrogen and oxygen atoms in total. The molecule has 0 saturated heterocycles. The van der Waals surface area contributed by atoms with E-state index in [1.54, 1.807) is 12.1 Å². The van der Waals surface area contributed by atoms with Crippen LogP contribution in [0.5, 0.6) is 0 Å². The van der Waals surface area contributed by atoms with Gasteiger partial charge in [-0.15, -0.1) is 0 Å². The summed E-state index contributed by atoms with van der Waals surface area (Å²) in [5, 5.41) is 8.70. The number of amides is 1. The van der Waals surface area contributed by atoms with Crippen LogP contribution in [0.25, 0.3) is 0 Å². The summed E-state index contributed by atoms with van der Waals surface area (Å²) >= 11 is 3.22. The largest absolute Gasteiger partial charge is 0.330 e. The lowest BCUT2D eigenvalue weighted by Crippen LogP contribution is -2.45. The average molecular weight is 380 g/mol. The zero-order valence-corrected chi connectivity index (χ0v) is 13.7. The Bertz CT molecular complexity index is 562. The van der Waals surface area contributed by atoms with E-state index in [4.69, 9.17) is 10.9 Å². The molecule has 0 aliphatic heterocycles. The van der Waals surface area contributed by atoms with Crippen LogP contribution in [-0.2, 0) is 14.8 Å². The molecule has 0 aromatic heterocycles. The summed E-state index contributed by atoms with van der Waals surface area (Å²) in [4.78, 5) is 11.6. The second-order valence-corrected chi connectivity index (χ2v) is 7.02. The van der Waals surface area contributed by atoms with Gasteiger partial charge in [0.05, 0.1) is 4.90 Å². The number of carbonyl (C=O) groups is 1. The Morgan fingerprint density at radius 3 is 2.43 bits per heavy atom. The molecule has 0 aliphatic carbocycles. The summed E-state index contributed by atoms with van der Waals surface area (Å²) in [6, 6.07) is 4.96. The molecule has 0 spiro atoms. The molecule has 1 amide bonds.